The first kappa shape index (κ1) is 29.6. The molecule has 200 valence electrons. The van der Waals surface area contributed by atoms with Crippen LogP contribution in [0.2, 0.25) is 5.02 Å². The zero-order valence-electron chi connectivity index (χ0n) is 19.0. The number of aromatic nitrogens is 4. The van der Waals surface area contributed by atoms with Crippen LogP contribution < -0.4 is 5.32 Å². The van der Waals surface area contributed by atoms with E-state index in [0.717, 1.165) is 23.2 Å². The summed E-state index contributed by atoms with van der Waals surface area (Å²) < 4.78 is 69.0. The topological polar surface area (TPSA) is 98.9 Å². The monoisotopic (exact) mass is 547 g/mol. The van der Waals surface area contributed by atoms with Crippen molar-refractivity contribution in [3.05, 3.63) is 52.7 Å². The zero-order valence-corrected chi connectivity index (χ0v) is 19.8. The number of Topliss-reactive ketones (excluding diaryl/α,β-unsaturated/α-hetero) is 1. The molecule has 14 heteroatoms. The number of imidazole rings is 1. The van der Waals surface area contributed by atoms with Crippen molar-refractivity contribution in [3.8, 4) is 11.3 Å². The number of anilines is 1. The highest BCUT2D eigenvalue weighted by molar-refractivity contribution is 6.34. The van der Waals surface area contributed by atoms with E-state index in [1.165, 1.54) is 39.1 Å². The first-order chi connectivity index (χ1) is 16.7. The molecule has 8 nitrogen and oxygen atoms in total. The molecule has 1 aliphatic carbocycles. The minimum Gasteiger partial charge on any atom is -0.323 e. The molecule has 2 aromatic heterocycles. The summed E-state index contributed by atoms with van der Waals surface area (Å²) in [6, 6.07) is 2.75. The number of halogens is 6. The van der Waals surface area contributed by atoms with Crippen LogP contribution in [0.5, 0.6) is 0 Å². The second kappa shape index (κ2) is 10.8. The third kappa shape index (κ3) is 6.21. The fraction of sp³-hybridized carbons (Fsp3) is 0.348. The number of nitrogens with one attached hydrogen (secondary N) is 1. The molecule has 1 amide bonds. The second-order valence-corrected chi connectivity index (χ2v) is 8.22. The Labute approximate surface area is 213 Å². The van der Waals surface area contributed by atoms with Crippen LogP contribution in [-0.2, 0) is 18.0 Å². The van der Waals surface area contributed by atoms with E-state index in [-0.39, 0.29) is 41.0 Å². The Balaban J connectivity index is 0.00000115. The number of nitrogens with zero attached hydrogens (tertiary/aromatic N) is 4. The van der Waals surface area contributed by atoms with Gasteiger partial charge in [0.15, 0.2) is 17.3 Å². The maximum absolute atomic E-state index is 13.5. The summed E-state index contributed by atoms with van der Waals surface area (Å²) in [5, 5.41) is 5.95. The smallest absolute Gasteiger partial charge is 0.323 e. The summed E-state index contributed by atoms with van der Waals surface area (Å²) in [7, 11) is 1.31. The van der Waals surface area contributed by atoms with Crippen molar-refractivity contribution in [1.29, 1.82) is 0 Å². The van der Waals surface area contributed by atoms with Crippen molar-refractivity contribution >= 4 is 35.3 Å². The highest BCUT2D eigenvalue weighted by atomic mass is 35.5. The van der Waals surface area contributed by atoms with Gasteiger partial charge in [0.25, 0.3) is 11.8 Å². The Kier molecular flexibility index (Phi) is 8.64. The number of hydrogen-bond donors (Lipinski definition) is 1. The van der Waals surface area contributed by atoms with E-state index in [9.17, 15) is 31.5 Å². The summed E-state index contributed by atoms with van der Waals surface area (Å²) in [6.07, 6.45) is -2.85. The molecule has 1 aromatic carbocycles. The summed E-state index contributed by atoms with van der Waals surface area (Å²) >= 11 is 6.02. The van der Waals surface area contributed by atoms with Gasteiger partial charge in [0.1, 0.15) is 12.3 Å². The van der Waals surface area contributed by atoms with E-state index in [4.69, 9.17) is 16.4 Å². The predicted octanol–water partition coefficient (Wildman–Crippen LogP) is 5.83. The van der Waals surface area contributed by atoms with Crippen LogP contribution in [0.25, 0.3) is 11.3 Å². The van der Waals surface area contributed by atoms with Crippen LogP contribution in [-0.4, -0.2) is 43.2 Å². The first-order valence-corrected chi connectivity index (χ1v) is 10.7. The van der Waals surface area contributed by atoms with Crippen molar-refractivity contribution in [2.75, 3.05) is 5.32 Å². The average Bonchev–Trinajstić information content (AvgIpc) is 3.09. The molecule has 0 spiro atoms. The normalized spacial score (nSPS) is 15.6. The van der Waals surface area contributed by atoms with Crippen molar-refractivity contribution < 1.29 is 36.3 Å². The van der Waals surface area contributed by atoms with E-state index < -0.39 is 41.7 Å². The fourth-order valence-electron chi connectivity index (χ4n) is 3.37. The average molecular weight is 548 g/mol. The molecule has 0 saturated heterocycles. The van der Waals surface area contributed by atoms with Crippen molar-refractivity contribution in [2.45, 2.75) is 45.8 Å². The van der Waals surface area contributed by atoms with Crippen molar-refractivity contribution in [2.24, 2.45) is 7.05 Å². The van der Waals surface area contributed by atoms with Gasteiger partial charge in [-0.05, 0) is 32.0 Å². The van der Waals surface area contributed by atoms with E-state index in [0.29, 0.717) is 4.68 Å². The molecule has 3 aromatic rings. The third-order valence-electron chi connectivity index (χ3n) is 5.19. The fourth-order valence-corrected chi connectivity index (χ4v) is 3.68. The van der Waals surface area contributed by atoms with E-state index >= 15 is 0 Å². The number of aldehydes is 1. The Hall–Kier alpha value is -3.61. The maximum atomic E-state index is 13.5. The molecule has 0 aliphatic heterocycles. The van der Waals surface area contributed by atoms with Gasteiger partial charge in [0.05, 0.1) is 22.5 Å². The van der Waals surface area contributed by atoms with Crippen molar-refractivity contribution in [1.82, 2.24) is 19.3 Å². The minimum atomic E-state index is -4.91. The number of amides is 1. The number of alkyl halides is 5. The molecule has 0 radical (unpaired) electrons. The van der Waals surface area contributed by atoms with Gasteiger partial charge in [0.2, 0.25) is 0 Å². The highest BCUT2D eigenvalue weighted by Gasteiger charge is 2.59. The number of rotatable bonds is 5. The van der Waals surface area contributed by atoms with Crippen LogP contribution in [0.3, 0.4) is 0 Å². The van der Waals surface area contributed by atoms with Crippen LogP contribution in [0.1, 0.15) is 60.4 Å². The minimum absolute atomic E-state index is 0. The Morgan fingerprint density at radius 3 is 2.35 bits per heavy atom. The molecule has 0 bridgehead atoms. The highest BCUT2D eigenvalue weighted by Crippen LogP contribution is 2.53. The summed E-state index contributed by atoms with van der Waals surface area (Å²) in [6.45, 7) is 2.77. The SMILES string of the molecule is C.CC(=O)c1ccc(NC(=O)c2ncc(-c3cn(C4CC4(F)F)nc3C(F)(F)F)n2C)cc1Cl.CC=O. The number of carbonyl (C=O) groups is 3. The predicted molar refractivity (Wildman–Crippen MR) is 126 cm³/mol. The Morgan fingerprint density at radius 2 is 1.86 bits per heavy atom. The molecule has 1 atom stereocenters. The number of carbonyl (C=O) groups excluding carboxylic acids is 3. The largest absolute Gasteiger partial charge is 0.435 e. The van der Waals surface area contributed by atoms with E-state index in [1.807, 2.05) is 0 Å². The van der Waals surface area contributed by atoms with Gasteiger partial charge in [-0.15, -0.1) is 0 Å². The van der Waals surface area contributed by atoms with E-state index in [1.54, 1.807) is 0 Å². The number of benzene rings is 1. The lowest BCUT2D eigenvalue weighted by atomic mass is 10.1. The van der Waals surface area contributed by atoms with Gasteiger partial charge >= 0.3 is 6.18 Å². The van der Waals surface area contributed by atoms with Crippen LogP contribution >= 0.6 is 11.6 Å². The Bertz CT molecular complexity index is 1330. The lowest BCUT2D eigenvalue weighted by molar-refractivity contribution is -0.141. The van der Waals surface area contributed by atoms with Gasteiger partial charge in [-0.2, -0.15) is 18.3 Å². The molecule has 37 heavy (non-hydrogen) atoms. The van der Waals surface area contributed by atoms with Gasteiger partial charge in [0, 0.05) is 30.9 Å². The van der Waals surface area contributed by atoms with Gasteiger partial charge < -0.3 is 14.7 Å². The molecule has 1 unspecified atom stereocenters. The summed E-state index contributed by atoms with van der Waals surface area (Å²) in [4.78, 5) is 36.8. The van der Waals surface area contributed by atoms with Crippen LogP contribution in [0, 0.1) is 0 Å². The molecule has 1 aliphatic rings. The van der Waals surface area contributed by atoms with Gasteiger partial charge in [-0.3, -0.25) is 14.3 Å². The first-order valence-electron chi connectivity index (χ1n) is 10.3. The Morgan fingerprint density at radius 1 is 1.27 bits per heavy atom. The van der Waals surface area contributed by atoms with Crippen LogP contribution in [0.4, 0.5) is 27.6 Å². The maximum Gasteiger partial charge on any atom is 0.435 e. The van der Waals surface area contributed by atoms with Gasteiger partial charge in [-0.25, -0.2) is 13.8 Å². The molecule has 4 rings (SSSR count). The molecule has 1 N–H and O–H groups in total. The standard InChI is InChI=1S/C20H15ClF5N5O2.C2H4O.CH4/c1-9(32)11-4-3-10(5-13(11)21)28-18(33)17-27-7-14(30(17)2)12-8-31(15-6-19(15,22)23)29-16(12)20(24,25)26;1-2-3;/h3-5,7-8,15H,6H2,1-2H3,(H,28,33);2H,1H3;1H4. The number of ketones is 1. The quantitative estimate of drug-likeness (QED) is 0.246. The molecular weight excluding hydrogens is 525 g/mol. The molecule has 1 fully saturated rings. The molecular formula is C23H23ClF5N5O3. The third-order valence-corrected chi connectivity index (χ3v) is 5.50. The van der Waals surface area contributed by atoms with Gasteiger partial charge in [-0.1, -0.05) is 19.0 Å². The van der Waals surface area contributed by atoms with E-state index in [2.05, 4.69) is 15.4 Å². The van der Waals surface area contributed by atoms with Crippen LogP contribution in [0.15, 0.2) is 30.6 Å². The molecule has 2 heterocycles. The number of hydrogen-bond acceptors (Lipinski definition) is 5. The zero-order chi connectivity index (χ0) is 27.0. The molecule has 1 saturated carbocycles. The summed E-state index contributed by atoms with van der Waals surface area (Å²) in [5.41, 5.74) is -1.47. The lowest BCUT2D eigenvalue weighted by Crippen LogP contribution is -2.17. The lowest BCUT2D eigenvalue weighted by Gasteiger charge is -2.09. The second-order valence-electron chi connectivity index (χ2n) is 7.82. The summed E-state index contributed by atoms with van der Waals surface area (Å²) in [5.74, 6) is -4.39. The van der Waals surface area contributed by atoms with Crippen molar-refractivity contribution in [3.63, 3.8) is 0 Å².